The highest BCUT2D eigenvalue weighted by Crippen LogP contribution is 2.26. The lowest BCUT2D eigenvalue weighted by Gasteiger charge is -2.12. The molecule has 0 fully saturated rings. The summed E-state index contributed by atoms with van der Waals surface area (Å²) < 4.78 is 5.45. The molecule has 0 aliphatic carbocycles. The molecular formula is C21H24N4O2. The van der Waals surface area contributed by atoms with Crippen molar-refractivity contribution in [3.05, 3.63) is 53.6 Å². The highest BCUT2D eigenvalue weighted by atomic mass is 16.5. The maximum absolute atomic E-state index is 12.0. The molecule has 2 aromatic carbocycles. The van der Waals surface area contributed by atoms with Gasteiger partial charge in [0.25, 0.3) is 5.89 Å². The fraction of sp³-hybridized carbons (Fsp3) is 0.286. The molecule has 140 valence electrons. The Morgan fingerprint density at radius 3 is 2.74 bits per heavy atom. The Hall–Kier alpha value is -3.15. The van der Waals surface area contributed by atoms with E-state index in [1.807, 2.05) is 64.1 Å². The van der Waals surface area contributed by atoms with Crippen LogP contribution >= 0.6 is 0 Å². The smallest absolute Gasteiger partial charge is 0.319 e. The number of hydrogen-bond acceptors (Lipinski definition) is 4. The number of nitrogens with zero attached hydrogens (tertiary/aromatic N) is 2. The Kier molecular flexibility index (Phi) is 5.54. The van der Waals surface area contributed by atoms with Gasteiger partial charge in [0.1, 0.15) is 0 Å². The van der Waals surface area contributed by atoms with Gasteiger partial charge in [-0.2, -0.15) is 4.98 Å². The summed E-state index contributed by atoms with van der Waals surface area (Å²) >= 11 is 0. The van der Waals surface area contributed by atoms with Gasteiger partial charge in [-0.3, -0.25) is 0 Å². The van der Waals surface area contributed by atoms with E-state index in [1.165, 1.54) is 5.56 Å². The number of urea groups is 1. The number of carbonyl (C=O) groups excluding carboxylic acids is 1. The average molecular weight is 364 g/mol. The lowest BCUT2D eigenvalue weighted by Crippen LogP contribution is -2.35. The van der Waals surface area contributed by atoms with Crippen LogP contribution in [-0.4, -0.2) is 22.2 Å². The van der Waals surface area contributed by atoms with E-state index in [9.17, 15) is 4.79 Å². The van der Waals surface area contributed by atoms with Crippen molar-refractivity contribution in [1.82, 2.24) is 15.5 Å². The topological polar surface area (TPSA) is 80.0 Å². The summed E-state index contributed by atoms with van der Waals surface area (Å²) in [7, 11) is 0. The van der Waals surface area contributed by atoms with Gasteiger partial charge in [0.2, 0.25) is 5.82 Å². The van der Waals surface area contributed by atoms with Crippen molar-refractivity contribution < 1.29 is 9.32 Å². The first-order valence-electron chi connectivity index (χ1n) is 9.05. The summed E-state index contributed by atoms with van der Waals surface area (Å²) in [6.45, 7) is 8.05. The number of aryl methyl sites for hydroxylation is 2. The Bertz CT molecular complexity index is 949. The van der Waals surface area contributed by atoms with E-state index in [0.29, 0.717) is 17.4 Å². The molecule has 2 N–H and O–H groups in total. The molecule has 27 heavy (non-hydrogen) atoms. The Morgan fingerprint density at radius 2 is 2.00 bits per heavy atom. The van der Waals surface area contributed by atoms with E-state index >= 15 is 0 Å². The molecule has 1 unspecified atom stereocenters. The first-order chi connectivity index (χ1) is 13.0. The summed E-state index contributed by atoms with van der Waals surface area (Å²) in [5.41, 5.74) is 4.64. The van der Waals surface area contributed by atoms with E-state index in [4.69, 9.17) is 4.52 Å². The number of amides is 2. The van der Waals surface area contributed by atoms with Gasteiger partial charge >= 0.3 is 6.03 Å². The van der Waals surface area contributed by atoms with Crippen molar-refractivity contribution in [3.8, 4) is 22.8 Å². The first-order valence-corrected chi connectivity index (χ1v) is 9.05. The Balaban J connectivity index is 1.79. The average Bonchev–Trinajstić information content (AvgIpc) is 3.11. The third kappa shape index (κ3) is 4.53. The molecule has 6 heteroatoms. The number of benzene rings is 2. The highest BCUT2D eigenvalue weighted by molar-refractivity contribution is 5.90. The first kappa shape index (κ1) is 18.6. The lowest BCUT2D eigenvalue weighted by molar-refractivity contribution is 0.249. The number of carbonyl (C=O) groups is 1. The largest absolute Gasteiger partial charge is 0.335 e. The van der Waals surface area contributed by atoms with Crippen molar-refractivity contribution in [1.29, 1.82) is 0 Å². The predicted octanol–water partition coefficient (Wildman–Crippen LogP) is 4.94. The molecular weight excluding hydrogens is 340 g/mol. The van der Waals surface area contributed by atoms with Crippen LogP contribution in [-0.2, 0) is 0 Å². The van der Waals surface area contributed by atoms with Crippen LogP contribution in [0.4, 0.5) is 10.5 Å². The molecule has 0 saturated carbocycles. The van der Waals surface area contributed by atoms with Crippen LogP contribution in [0.15, 0.2) is 47.0 Å². The van der Waals surface area contributed by atoms with Crippen LogP contribution in [0.5, 0.6) is 0 Å². The van der Waals surface area contributed by atoms with Crippen molar-refractivity contribution in [3.63, 3.8) is 0 Å². The van der Waals surface area contributed by atoms with Crippen LogP contribution in [0.1, 0.15) is 31.4 Å². The van der Waals surface area contributed by atoms with Crippen molar-refractivity contribution in [2.45, 2.75) is 40.2 Å². The van der Waals surface area contributed by atoms with Gasteiger partial charge in [0, 0.05) is 22.9 Å². The van der Waals surface area contributed by atoms with Crippen LogP contribution in [0.25, 0.3) is 22.8 Å². The fourth-order valence-corrected chi connectivity index (χ4v) is 2.73. The third-order valence-corrected chi connectivity index (χ3v) is 4.41. The van der Waals surface area contributed by atoms with Crippen LogP contribution in [0.3, 0.4) is 0 Å². The summed E-state index contributed by atoms with van der Waals surface area (Å²) in [5.74, 6) is 0.964. The van der Waals surface area contributed by atoms with Gasteiger partial charge in [0.15, 0.2) is 0 Å². The standard InChI is InChI=1S/C21H24N4O2/c1-5-15(4)22-21(26)23-17-8-6-7-16(12-17)19-24-20(27-25-19)18-10-9-13(2)11-14(18)3/h6-12,15H,5H2,1-4H3,(H2,22,23,26). The second-order valence-electron chi connectivity index (χ2n) is 6.73. The molecule has 1 atom stereocenters. The SMILES string of the molecule is CCC(C)NC(=O)Nc1cccc(-c2noc(-c3ccc(C)cc3C)n2)c1. The molecule has 1 heterocycles. The Morgan fingerprint density at radius 1 is 1.19 bits per heavy atom. The molecule has 2 amide bonds. The van der Waals surface area contributed by atoms with Gasteiger partial charge < -0.3 is 15.2 Å². The number of hydrogen-bond donors (Lipinski definition) is 2. The minimum absolute atomic E-state index is 0.116. The van der Waals surface area contributed by atoms with E-state index in [0.717, 1.165) is 23.1 Å². The summed E-state index contributed by atoms with van der Waals surface area (Å²) in [6, 6.07) is 13.4. The van der Waals surface area contributed by atoms with E-state index in [2.05, 4.69) is 26.8 Å². The van der Waals surface area contributed by atoms with Gasteiger partial charge in [-0.25, -0.2) is 4.79 Å². The van der Waals surface area contributed by atoms with E-state index in [1.54, 1.807) is 0 Å². The van der Waals surface area contributed by atoms with Crippen molar-refractivity contribution in [2.75, 3.05) is 5.32 Å². The minimum Gasteiger partial charge on any atom is -0.335 e. The molecule has 0 radical (unpaired) electrons. The molecule has 0 bridgehead atoms. The monoisotopic (exact) mass is 364 g/mol. The number of rotatable bonds is 5. The fourth-order valence-electron chi connectivity index (χ4n) is 2.73. The molecule has 6 nitrogen and oxygen atoms in total. The zero-order chi connectivity index (χ0) is 19.4. The summed E-state index contributed by atoms with van der Waals surface area (Å²) in [5, 5.41) is 9.80. The quantitative estimate of drug-likeness (QED) is 0.672. The second-order valence-corrected chi connectivity index (χ2v) is 6.73. The van der Waals surface area contributed by atoms with Crippen molar-refractivity contribution in [2.24, 2.45) is 0 Å². The van der Waals surface area contributed by atoms with Gasteiger partial charge in [0.05, 0.1) is 0 Å². The van der Waals surface area contributed by atoms with Gasteiger partial charge in [-0.1, -0.05) is 41.9 Å². The molecule has 1 aromatic heterocycles. The maximum Gasteiger partial charge on any atom is 0.319 e. The van der Waals surface area contributed by atoms with Gasteiger partial charge in [-0.05, 0) is 51.0 Å². The third-order valence-electron chi connectivity index (χ3n) is 4.41. The number of aromatic nitrogens is 2. The zero-order valence-electron chi connectivity index (χ0n) is 16.0. The molecule has 3 aromatic rings. The lowest BCUT2D eigenvalue weighted by atomic mass is 10.1. The summed E-state index contributed by atoms with van der Waals surface area (Å²) in [4.78, 5) is 16.5. The second kappa shape index (κ2) is 8.03. The molecule has 0 spiro atoms. The molecule has 0 saturated heterocycles. The highest BCUT2D eigenvalue weighted by Gasteiger charge is 2.13. The number of nitrogens with one attached hydrogen (secondary N) is 2. The van der Waals surface area contributed by atoms with Gasteiger partial charge in [-0.15, -0.1) is 0 Å². The van der Waals surface area contributed by atoms with E-state index < -0.39 is 0 Å². The minimum atomic E-state index is -0.231. The van der Waals surface area contributed by atoms with Crippen LogP contribution < -0.4 is 10.6 Å². The number of anilines is 1. The normalized spacial score (nSPS) is 11.9. The molecule has 3 rings (SSSR count). The maximum atomic E-state index is 12.0. The summed E-state index contributed by atoms with van der Waals surface area (Å²) in [6.07, 6.45) is 0.873. The zero-order valence-corrected chi connectivity index (χ0v) is 16.0. The molecule has 0 aliphatic rings. The van der Waals surface area contributed by atoms with Crippen LogP contribution in [0, 0.1) is 13.8 Å². The Labute approximate surface area is 159 Å². The molecule has 0 aliphatic heterocycles. The van der Waals surface area contributed by atoms with Crippen molar-refractivity contribution >= 4 is 11.7 Å². The van der Waals surface area contributed by atoms with E-state index in [-0.39, 0.29) is 12.1 Å². The van der Waals surface area contributed by atoms with Crippen LogP contribution in [0.2, 0.25) is 0 Å². The predicted molar refractivity (Wildman–Crippen MR) is 107 cm³/mol.